The molecule has 0 bridgehead atoms. The number of halogens is 3. The van der Waals surface area contributed by atoms with Gasteiger partial charge in [0.25, 0.3) is 5.91 Å². The average Bonchev–Trinajstić information content (AvgIpc) is 3.27. The van der Waals surface area contributed by atoms with Crippen molar-refractivity contribution in [3.05, 3.63) is 90.0 Å². The molecule has 0 aliphatic rings. The van der Waals surface area contributed by atoms with Crippen LogP contribution in [-0.2, 0) is 6.18 Å². The van der Waals surface area contributed by atoms with Crippen molar-refractivity contribution in [2.24, 2.45) is 0 Å². The summed E-state index contributed by atoms with van der Waals surface area (Å²) in [6.07, 6.45) is -1.09. The van der Waals surface area contributed by atoms with Gasteiger partial charge in [0.1, 0.15) is 0 Å². The molecule has 1 aromatic heterocycles. The van der Waals surface area contributed by atoms with E-state index in [2.05, 4.69) is 15.3 Å². The minimum absolute atomic E-state index is 0.229. The zero-order valence-electron chi connectivity index (χ0n) is 16.0. The predicted molar refractivity (Wildman–Crippen MR) is 109 cm³/mol. The van der Waals surface area contributed by atoms with Gasteiger partial charge in [-0.1, -0.05) is 36.4 Å². The third-order valence-corrected chi connectivity index (χ3v) is 4.98. The van der Waals surface area contributed by atoms with Crippen molar-refractivity contribution in [2.45, 2.75) is 19.1 Å². The van der Waals surface area contributed by atoms with Gasteiger partial charge in [0.2, 0.25) is 0 Å². The highest BCUT2D eigenvalue weighted by Gasteiger charge is 2.30. The number of nitrogens with one attached hydrogen (secondary N) is 2. The second-order valence-electron chi connectivity index (χ2n) is 7.01. The van der Waals surface area contributed by atoms with E-state index < -0.39 is 11.7 Å². The van der Waals surface area contributed by atoms with Crippen LogP contribution < -0.4 is 5.32 Å². The largest absolute Gasteiger partial charge is 0.416 e. The van der Waals surface area contributed by atoms with Crippen LogP contribution in [0.15, 0.2) is 73.2 Å². The first kappa shape index (κ1) is 19.7. The summed E-state index contributed by atoms with van der Waals surface area (Å²) in [6, 6.07) is 15.7. The molecule has 0 saturated heterocycles. The fourth-order valence-electron chi connectivity index (χ4n) is 3.38. The van der Waals surface area contributed by atoms with Gasteiger partial charge in [-0.25, -0.2) is 4.98 Å². The molecule has 0 fully saturated rings. The first-order valence-electron chi connectivity index (χ1n) is 9.33. The number of amides is 1. The van der Waals surface area contributed by atoms with E-state index in [1.54, 1.807) is 24.7 Å². The number of benzene rings is 3. The summed E-state index contributed by atoms with van der Waals surface area (Å²) in [7, 11) is 0. The maximum Gasteiger partial charge on any atom is 0.416 e. The quantitative estimate of drug-likeness (QED) is 0.452. The monoisotopic (exact) mass is 409 g/mol. The number of hydrogen-bond donors (Lipinski definition) is 2. The smallest absolute Gasteiger partial charge is 0.351 e. The molecule has 152 valence electrons. The standard InChI is InChI=1S/C23H18F3N3O/c1-14(21-12-27-13-28-21)29-22(30)17-7-10-20-16(11-17)3-2-4-19(20)15-5-8-18(9-6-15)23(24,25)26/h2-14H,1H3,(H,27,28)(H,29,30). The third-order valence-electron chi connectivity index (χ3n) is 4.98. The lowest BCUT2D eigenvalue weighted by Crippen LogP contribution is -2.26. The van der Waals surface area contributed by atoms with Crippen molar-refractivity contribution in [3.63, 3.8) is 0 Å². The molecule has 1 heterocycles. The highest BCUT2D eigenvalue weighted by molar-refractivity contribution is 6.02. The van der Waals surface area contributed by atoms with Crippen molar-refractivity contribution in [1.82, 2.24) is 15.3 Å². The summed E-state index contributed by atoms with van der Waals surface area (Å²) in [5.41, 5.74) is 2.02. The number of rotatable bonds is 4. The summed E-state index contributed by atoms with van der Waals surface area (Å²) in [4.78, 5) is 19.6. The van der Waals surface area contributed by atoms with Crippen LogP contribution >= 0.6 is 0 Å². The zero-order valence-corrected chi connectivity index (χ0v) is 16.0. The summed E-state index contributed by atoms with van der Waals surface area (Å²) in [5, 5.41) is 4.58. The number of fused-ring (bicyclic) bond motifs is 1. The molecule has 0 spiro atoms. The Morgan fingerprint density at radius 2 is 1.83 bits per heavy atom. The number of carbonyl (C=O) groups excluding carboxylic acids is 1. The third kappa shape index (κ3) is 3.91. The van der Waals surface area contributed by atoms with Gasteiger partial charge < -0.3 is 10.3 Å². The van der Waals surface area contributed by atoms with Crippen LogP contribution in [0.1, 0.15) is 34.6 Å². The second-order valence-corrected chi connectivity index (χ2v) is 7.01. The van der Waals surface area contributed by atoms with E-state index in [1.165, 1.54) is 12.1 Å². The SMILES string of the molecule is CC(NC(=O)c1ccc2c(-c3ccc(C(F)(F)F)cc3)cccc2c1)c1c[nH]cn1. The number of carbonyl (C=O) groups is 1. The Bertz CT molecular complexity index is 1180. The van der Waals surface area contributed by atoms with E-state index in [9.17, 15) is 18.0 Å². The fraction of sp³-hybridized carbons (Fsp3) is 0.130. The summed E-state index contributed by atoms with van der Waals surface area (Å²) in [5.74, 6) is -0.229. The molecule has 2 N–H and O–H groups in total. The number of H-pyrrole nitrogens is 1. The molecule has 0 aliphatic carbocycles. The molecule has 4 aromatic rings. The Hall–Kier alpha value is -3.61. The highest BCUT2D eigenvalue weighted by atomic mass is 19.4. The molecule has 1 atom stereocenters. The molecule has 4 rings (SSSR count). The molecule has 1 amide bonds. The van der Waals surface area contributed by atoms with E-state index in [0.29, 0.717) is 11.1 Å². The molecule has 4 nitrogen and oxygen atoms in total. The van der Waals surface area contributed by atoms with Crippen LogP contribution in [0.3, 0.4) is 0 Å². The first-order chi connectivity index (χ1) is 14.3. The van der Waals surface area contributed by atoms with E-state index in [4.69, 9.17) is 0 Å². The van der Waals surface area contributed by atoms with Crippen LogP contribution in [0.4, 0.5) is 13.2 Å². The van der Waals surface area contributed by atoms with Crippen molar-refractivity contribution in [2.75, 3.05) is 0 Å². The molecule has 30 heavy (non-hydrogen) atoms. The fourth-order valence-corrected chi connectivity index (χ4v) is 3.38. The minimum Gasteiger partial charge on any atom is -0.351 e. The van der Waals surface area contributed by atoms with Gasteiger partial charge in [0, 0.05) is 11.8 Å². The Morgan fingerprint density at radius 1 is 1.07 bits per heavy atom. The lowest BCUT2D eigenvalue weighted by Gasteiger charge is -2.13. The van der Waals surface area contributed by atoms with Crippen molar-refractivity contribution >= 4 is 16.7 Å². The minimum atomic E-state index is -4.37. The Balaban J connectivity index is 1.63. The molecule has 0 saturated carbocycles. The van der Waals surface area contributed by atoms with Crippen molar-refractivity contribution in [1.29, 1.82) is 0 Å². The number of nitrogens with zero attached hydrogens (tertiary/aromatic N) is 1. The van der Waals surface area contributed by atoms with Gasteiger partial charge in [-0.2, -0.15) is 13.2 Å². The lowest BCUT2D eigenvalue weighted by atomic mass is 9.96. The van der Waals surface area contributed by atoms with Gasteiger partial charge in [0.15, 0.2) is 0 Å². The molecule has 7 heteroatoms. The van der Waals surface area contributed by atoms with Gasteiger partial charge in [-0.05, 0) is 53.1 Å². The maximum absolute atomic E-state index is 12.8. The number of aromatic amines is 1. The van der Waals surface area contributed by atoms with E-state index in [0.717, 1.165) is 34.2 Å². The Kier molecular flexibility index (Phi) is 5.03. The van der Waals surface area contributed by atoms with Crippen LogP contribution in [0.2, 0.25) is 0 Å². The average molecular weight is 409 g/mol. The number of imidazole rings is 1. The van der Waals surface area contributed by atoms with Crippen molar-refractivity contribution < 1.29 is 18.0 Å². The van der Waals surface area contributed by atoms with Crippen molar-refractivity contribution in [3.8, 4) is 11.1 Å². The molecule has 1 unspecified atom stereocenters. The van der Waals surface area contributed by atoms with E-state index in [1.807, 2.05) is 31.2 Å². The topological polar surface area (TPSA) is 57.8 Å². The Labute approximate surface area is 170 Å². The van der Waals surface area contributed by atoms with Gasteiger partial charge in [0.05, 0.1) is 23.6 Å². The van der Waals surface area contributed by atoms with E-state index in [-0.39, 0.29) is 11.9 Å². The van der Waals surface area contributed by atoms with E-state index >= 15 is 0 Å². The summed E-state index contributed by atoms with van der Waals surface area (Å²) < 4.78 is 38.5. The molecule has 0 radical (unpaired) electrons. The van der Waals surface area contributed by atoms with Crippen LogP contribution in [0.25, 0.3) is 21.9 Å². The molecular weight excluding hydrogens is 391 g/mol. The normalized spacial score (nSPS) is 12.7. The Morgan fingerprint density at radius 3 is 2.50 bits per heavy atom. The number of aromatic nitrogens is 2. The lowest BCUT2D eigenvalue weighted by molar-refractivity contribution is -0.137. The zero-order chi connectivity index (χ0) is 21.3. The van der Waals surface area contributed by atoms with Gasteiger partial charge >= 0.3 is 6.18 Å². The first-order valence-corrected chi connectivity index (χ1v) is 9.33. The molecule has 3 aromatic carbocycles. The van der Waals surface area contributed by atoms with Gasteiger partial charge in [-0.3, -0.25) is 4.79 Å². The van der Waals surface area contributed by atoms with Crippen LogP contribution in [-0.4, -0.2) is 15.9 Å². The molecule has 0 aliphatic heterocycles. The predicted octanol–water partition coefficient (Wildman–Crippen LogP) is 5.74. The summed E-state index contributed by atoms with van der Waals surface area (Å²) in [6.45, 7) is 1.85. The second kappa shape index (κ2) is 7.67. The van der Waals surface area contributed by atoms with Gasteiger partial charge in [-0.15, -0.1) is 0 Å². The summed E-state index contributed by atoms with van der Waals surface area (Å²) >= 11 is 0. The maximum atomic E-state index is 12.8. The number of alkyl halides is 3. The number of hydrogen-bond acceptors (Lipinski definition) is 2. The van der Waals surface area contributed by atoms with Crippen LogP contribution in [0.5, 0.6) is 0 Å². The van der Waals surface area contributed by atoms with Crippen LogP contribution in [0, 0.1) is 0 Å². The highest BCUT2D eigenvalue weighted by Crippen LogP contribution is 2.33. The molecular formula is C23H18F3N3O.